The number of anilines is 1. The van der Waals surface area contributed by atoms with Gasteiger partial charge in [0.05, 0.1) is 31.1 Å². The lowest BCUT2D eigenvalue weighted by atomic mass is 10.1. The summed E-state index contributed by atoms with van der Waals surface area (Å²) in [6.45, 7) is 9.21. The lowest BCUT2D eigenvalue weighted by molar-refractivity contribution is 0.0209. The standard InChI is InChI=1S/C23H20ClN5O2.C2H6/c1-13-9-19-21(15-3-5-16(24)6-4-15)28-29(23(30)22(19)26-14(13)2)18-7-8-20(25-10-18)27-17-11-31-12-17;1-2/h3-10,17H,11-12H2,1-2H3,(H,25,27);1-2H3. The van der Waals surface area contributed by atoms with Gasteiger partial charge in [-0.1, -0.05) is 37.6 Å². The van der Waals surface area contributed by atoms with Crippen molar-refractivity contribution in [1.82, 2.24) is 19.7 Å². The van der Waals surface area contributed by atoms with Crippen LogP contribution < -0.4 is 10.9 Å². The molecule has 0 unspecified atom stereocenters. The van der Waals surface area contributed by atoms with E-state index in [2.05, 4.69) is 15.3 Å². The van der Waals surface area contributed by atoms with Crippen LogP contribution in [0.1, 0.15) is 25.1 Å². The molecule has 7 nitrogen and oxygen atoms in total. The molecule has 1 saturated heterocycles. The van der Waals surface area contributed by atoms with Crippen LogP contribution in [-0.2, 0) is 4.74 Å². The van der Waals surface area contributed by atoms with E-state index in [1.54, 1.807) is 18.3 Å². The molecule has 0 amide bonds. The van der Waals surface area contributed by atoms with Gasteiger partial charge in [-0.15, -0.1) is 0 Å². The average Bonchev–Trinajstić information content (AvgIpc) is 2.81. The normalized spacial score (nSPS) is 13.2. The van der Waals surface area contributed by atoms with Gasteiger partial charge in [0.25, 0.3) is 5.56 Å². The third-order valence-electron chi connectivity index (χ3n) is 5.42. The van der Waals surface area contributed by atoms with E-state index < -0.39 is 0 Å². The molecule has 5 rings (SSSR count). The number of rotatable bonds is 4. The zero-order chi connectivity index (χ0) is 23.5. The summed E-state index contributed by atoms with van der Waals surface area (Å²) in [6, 6.07) is 13.3. The molecule has 1 N–H and O–H groups in total. The number of pyridine rings is 2. The predicted octanol–water partition coefficient (Wildman–Crippen LogP) is 4.95. The number of aryl methyl sites for hydroxylation is 2. The quantitative estimate of drug-likeness (QED) is 0.461. The summed E-state index contributed by atoms with van der Waals surface area (Å²) in [7, 11) is 0. The van der Waals surface area contributed by atoms with Crippen molar-refractivity contribution in [3.63, 3.8) is 0 Å². The minimum atomic E-state index is -0.286. The smallest absolute Gasteiger partial charge is 0.298 e. The van der Waals surface area contributed by atoms with Gasteiger partial charge in [0.1, 0.15) is 17.0 Å². The van der Waals surface area contributed by atoms with Crippen molar-refractivity contribution in [3.05, 3.63) is 75.3 Å². The van der Waals surface area contributed by atoms with Gasteiger partial charge in [-0.2, -0.15) is 9.78 Å². The van der Waals surface area contributed by atoms with E-state index in [0.29, 0.717) is 40.5 Å². The summed E-state index contributed by atoms with van der Waals surface area (Å²) in [5.41, 5.74) is 3.98. The fourth-order valence-corrected chi connectivity index (χ4v) is 3.60. The third kappa shape index (κ3) is 4.60. The van der Waals surface area contributed by atoms with Crippen LogP contribution in [-0.4, -0.2) is 39.0 Å². The van der Waals surface area contributed by atoms with E-state index in [4.69, 9.17) is 21.4 Å². The molecule has 4 aromatic rings. The summed E-state index contributed by atoms with van der Waals surface area (Å²) in [5.74, 6) is 0.730. The molecule has 4 heterocycles. The van der Waals surface area contributed by atoms with E-state index in [1.165, 1.54) is 4.68 Å². The summed E-state index contributed by atoms with van der Waals surface area (Å²) < 4.78 is 6.53. The van der Waals surface area contributed by atoms with Gasteiger partial charge in [0.15, 0.2) is 0 Å². The molecule has 170 valence electrons. The van der Waals surface area contributed by atoms with E-state index in [1.807, 2.05) is 58.0 Å². The Morgan fingerprint density at radius 2 is 1.82 bits per heavy atom. The van der Waals surface area contributed by atoms with Crippen molar-refractivity contribution in [3.8, 4) is 16.9 Å². The molecule has 0 radical (unpaired) electrons. The van der Waals surface area contributed by atoms with Crippen LogP contribution in [0.4, 0.5) is 5.82 Å². The van der Waals surface area contributed by atoms with Crippen LogP contribution in [0.5, 0.6) is 0 Å². The first-order chi connectivity index (χ1) is 16.0. The lowest BCUT2D eigenvalue weighted by Crippen LogP contribution is -2.40. The maximum Gasteiger partial charge on any atom is 0.298 e. The van der Waals surface area contributed by atoms with Crippen LogP contribution >= 0.6 is 11.6 Å². The molecule has 1 aliphatic heterocycles. The van der Waals surface area contributed by atoms with Crippen LogP contribution in [0, 0.1) is 13.8 Å². The largest absolute Gasteiger partial charge is 0.377 e. The predicted molar refractivity (Wildman–Crippen MR) is 132 cm³/mol. The third-order valence-corrected chi connectivity index (χ3v) is 5.67. The molecule has 1 aliphatic rings. The Hall–Kier alpha value is -3.29. The van der Waals surface area contributed by atoms with Crippen molar-refractivity contribution in [2.24, 2.45) is 0 Å². The number of hydrogen-bond donors (Lipinski definition) is 1. The molecule has 0 atom stereocenters. The maximum atomic E-state index is 13.3. The first-order valence-electron chi connectivity index (χ1n) is 11.0. The second-order valence-electron chi connectivity index (χ2n) is 7.64. The summed E-state index contributed by atoms with van der Waals surface area (Å²) in [5, 5.41) is 9.33. The summed E-state index contributed by atoms with van der Waals surface area (Å²) in [6.07, 6.45) is 1.63. The number of ether oxygens (including phenoxy) is 1. The van der Waals surface area contributed by atoms with Gasteiger partial charge in [0, 0.05) is 21.7 Å². The van der Waals surface area contributed by atoms with Crippen LogP contribution in [0.2, 0.25) is 5.02 Å². The molecule has 0 saturated carbocycles. The molecule has 0 spiro atoms. The number of halogens is 1. The Bertz CT molecular complexity index is 1330. The topological polar surface area (TPSA) is 81.9 Å². The minimum Gasteiger partial charge on any atom is -0.377 e. The highest BCUT2D eigenvalue weighted by atomic mass is 35.5. The number of fused-ring (bicyclic) bond motifs is 1. The van der Waals surface area contributed by atoms with Crippen molar-refractivity contribution in [2.75, 3.05) is 18.5 Å². The molecule has 0 bridgehead atoms. The second-order valence-corrected chi connectivity index (χ2v) is 8.08. The number of nitrogens with one attached hydrogen (secondary N) is 1. The van der Waals surface area contributed by atoms with Crippen LogP contribution in [0.15, 0.2) is 53.5 Å². The summed E-state index contributed by atoms with van der Waals surface area (Å²) >= 11 is 6.07. The number of benzene rings is 1. The SMILES string of the molecule is CC.Cc1cc2c(-c3ccc(Cl)cc3)nn(-c3ccc(NC4COC4)nc3)c(=O)c2nc1C. The molecule has 3 aromatic heterocycles. The fourth-order valence-electron chi connectivity index (χ4n) is 3.47. The highest BCUT2D eigenvalue weighted by Crippen LogP contribution is 2.27. The first kappa shape index (κ1) is 22.9. The Labute approximate surface area is 197 Å². The Balaban J connectivity index is 0.00000126. The Morgan fingerprint density at radius 1 is 1.09 bits per heavy atom. The van der Waals surface area contributed by atoms with E-state index >= 15 is 0 Å². The van der Waals surface area contributed by atoms with Crippen molar-refractivity contribution >= 4 is 28.3 Å². The zero-order valence-electron chi connectivity index (χ0n) is 19.1. The Morgan fingerprint density at radius 3 is 2.42 bits per heavy atom. The molecular weight excluding hydrogens is 438 g/mol. The summed E-state index contributed by atoms with van der Waals surface area (Å²) in [4.78, 5) is 22.3. The monoisotopic (exact) mass is 463 g/mol. The van der Waals surface area contributed by atoms with Gasteiger partial charge in [-0.05, 0) is 49.7 Å². The van der Waals surface area contributed by atoms with Gasteiger partial charge in [-0.3, -0.25) is 4.79 Å². The molecule has 8 heteroatoms. The molecular formula is C25H26ClN5O2. The lowest BCUT2D eigenvalue weighted by Gasteiger charge is -2.27. The van der Waals surface area contributed by atoms with Crippen molar-refractivity contribution in [2.45, 2.75) is 33.7 Å². The average molecular weight is 464 g/mol. The highest BCUT2D eigenvalue weighted by molar-refractivity contribution is 6.30. The minimum absolute atomic E-state index is 0.270. The zero-order valence-corrected chi connectivity index (χ0v) is 19.8. The molecule has 0 aliphatic carbocycles. The van der Waals surface area contributed by atoms with Crippen LogP contribution in [0.25, 0.3) is 27.8 Å². The van der Waals surface area contributed by atoms with Crippen LogP contribution in [0.3, 0.4) is 0 Å². The van der Waals surface area contributed by atoms with Gasteiger partial charge < -0.3 is 10.1 Å². The van der Waals surface area contributed by atoms with E-state index in [-0.39, 0.29) is 11.6 Å². The number of aromatic nitrogens is 4. The second kappa shape index (κ2) is 9.68. The number of nitrogens with zero attached hydrogens (tertiary/aromatic N) is 4. The Kier molecular flexibility index (Phi) is 6.72. The number of hydrogen-bond acceptors (Lipinski definition) is 6. The first-order valence-corrected chi connectivity index (χ1v) is 11.4. The van der Waals surface area contributed by atoms with E-state index in [0.717, 1.165) is 22.6 Å². The fraction of sp³-hybridized carbons (Fsp3) is 0.280. The molecule has 1 fully saturated rings. The van der Waals surface area contributed by atoms with Crippen molar-refractivity contribution < 1.29 is 4.74 Å². The van der Waals surface area contributed by atoms with Gasteiger partial charge >= 0.3 is 0 Å². The van der Waals surface area contributed by atoms with Crippen molar-refractivity contribution in [1.29, 1.82) is 0 Å². The molecule has 1 aromatic carbocycles. The van der Waals surface area contributed by atoms with E-state index in [9.17, 15) is 4.79 Å². The molecule has 33 heavy (non-hydrogen) atoms. The van der Waals surface area contributed by atoms with Gasteiger partial charge in [-0.25, -0.2) is 9.97 Å². The highest BCUT2D eigenvalue weighted by Gasteiger charge is 2.19. The maximum absolute atomic E-state index is 13.3. The van der Waals surface area contributed by atoms with Gasteiger partial charge in [0.2, 0.25) is 0 Å².